The zero-order valence-electron chi connectivity index (χ0n) is 14.3. The second-order valence-electron chi connectivity index (χ2n) is 6.71. The van der Waals surface area contributed by atoms with Crippen molar-refractivity contribution < 1.29 is 4.79 Å². The van der Waals surface area contributed by atoms with Gasteiger partial charge >= 0.3 is 6.03 Å². The highest BCUT2D eigenvalue weighted by atomic mass is 16.2. The molecule has 1 saturated heterocycles. The van der Waals surface area contributed by atoms with Crippen LogP contribution in [-0.2, 0) is 6.54 Å². The van der Waals surface area contributed by atoms with E-state index < -0.39 is 0 Å². The van der Waals surface area contributed by atoms with E-state index in [-0.39, 0.29) is 6.03 Å². The number of amides is 2. The zero-order valence-corrected chi connectivity index (χ0v) is 14.3. The van der Waals surface area contributed by atoms with Gasteiger partial charge in [0, 0.05) is 25.3 Å². The summed E-state index contributed by atoms with van der Waals surface area (Å²) in [5.41, 5.74) is 1.65. The molecular weight excluding hydrogens is 314 g/mol. The third-order valence-corrected chi connectivity index (χ3v) is 4.74. The molecule has 2 aromatic heterocycles. The van der Waals surface area contributed by atoms with Gasteiger partial charge in [-0.1, -0.05) is 6.07 Å². The van der Waals surface area contributed by atoms with Gasteiger partial charge in [-0.25, -0.2) is 9.78 Å². The number of anilines is 2. The molecule has 1 aliphatic heterocycles. The summed E-state index contributed by atoms with van der Waals surface area (Å²) in [7, 11) is 0. The molecule has 2 aromatic rings. The van der Waals surface area contributed by atoms with E-state index >= 15 is 0 Å². The van der Waals surface area contributed by atoms with Crippen molar-refractivity contribution in [2.24, 2.45) is 0 Å². The molecule has 3 heterocycles. The molecule has 0 radical (unpaired) electrons. The number of hydrogen-bond acceptors (Lipinski definition) is 4. The molecule has 1 saturated carbocycles. The minimum Gasteiger partial charge on any atom is -0.357 e. The smallest absolute Gasteiger partial charge is 0.322 e. The van der Waals surface area contributed by atoms with Crippen LogP contribution in [-0.4, -0.2) is 40.0 Å². The number of carbonyl (C=O) groups is 1. The maximum absolute atomic E-state index is 12.7. The second kappa shape index (κ2) is 7.09. The highest BCUT2D eigenvalue weighted by Gasteiger charge is 2.33. The van der Waals surface area contributed by atoms with Crippen LogP contribution in [0.3, 0.4) is 0 Å². The lowest BCUT2D eigenvalue weighted by Gasteiger charge is -2.23. The Hall–Kier alpha value is -2.63. The van der Waals surface area contributed by atoms with Crippen LogP contribution in [0.2, 0.25) is 0 Å². The summed E-state index contributed by atoms with van der Waals surface area (Å²) in [5, 5.41) is 2.98. The van der Waals surface area contributed by atoms with Crippen LogP contribution < -0.4 is 10.2 Å². The fraction of sp³-hybridized carbons (Fsp3) is 0.421. The van der Waals surface area contributed by atoms with Crippen molar-refractivity contribution in [2.75, 3.05) is 23.3 Å². The van der Waals surface area contributed by atoms with Crippen LogP contribution in [0.5, 0.6) is 0 Å². The van der Waals surface area contributed by atoms with Gasteiger partial charge in [0.05, 0.1) is 24.1 Å². The molecule has 0 atom stereocenters. The quantitative estimate of drug-likeness (QED) is 0.909. The molecule has 6 heteroatoms. The first-order valence-corrected chi connectivity index (χ1v) is 8.98. The lowest BCUT2D eigenvalue weighted by Crippen LogP contribution is -2.36. The van der Waals surface area contributed by atoms with E-state index in [1.54, 1.807) is 12.4 Å². The molecule has 25 heavy (non-hydrogen) atoms. The van der Waals surface area contributed by atoms with Crippen LogP contribution in [0, 0.1) is 0 Å². The Balaban J connectivity index is 1.40. The lowest BCUT2D eigenvalue weighted by molar-refractivity contribution is 0.205. The molecule has 2 aliphatic rings. The fourth-order valence-corrected chi connectivity index (χ4v) is 3.21. The number of nitrogens with one attached hydrogen (secondary N) is 1. The van der Waals surface area contributed by atoms with Crippen LogP contribution in [0.15, 0.2) is 42.7 Å². The molecule has 2 amide bonds. The third-order valence-electron chi connectivity index (χ3n) is 4.74. The van der Waals surface area contributed by atoms with Crippen molar-refractivity contribution in [1.82, 2.24) is 14.9 Å². The molecule has 0 aromatic carbocycles. The zero-order chi connectivity index (χ0) is 17.1. The molecule has 4 rings (SSSR count). The Morgan fingerprint density at radius 3 is 2.64 bits per heavy atom. The highest BCUT2D eigenvalue weighted by molar-refractivity contribution is 5.89. The van der Waals surface area contributed by atoms with Gasteiger partial charge in [-0.3, -0.25) is 4.98 Å². The maximum Gasteiger partial charge on any atom is 0.322 e. The summed E-state index contributed by atoms with van der Waals surface area (Å²) >= 11 is 0. The van der Waals surface area contributed by atoms with Crippen molar-refractivity contribution in [3.8, 4) is 0 Å². The van der Waals surface area contributed by atoms with Crippen molar-refractivity contribution in [3.63, 3.8) is 0 Å². The number of carbonyl (C=O) groups excluding carboxylic acids is 1. The molecule has 1 aliphatic carbocycles. The SMILES string of the molecule is O=C(Nc1ccc(N2CCCC2)nc1)N(Cc1ccccn1)C1CC1. The van der Waals surface area contributed by atoms with E-state index in [1.807, 2.05) is 35.2 Å². The van der Waals surface area contributed by atoms with E-state index in [0.29, 0.717) is 12.6 Å². The summed E-state index contributed by atoms with van der Waals surface area (Å²) < 4.78 is 0. The second-order valence-corrected chi connectivity index (χ2v) is 6.71. The predicted octanol–water partition coefficient (Wildman–Crippen LogP) is 3.27. The fourth-order valence-electron chi connectivity index (χ4n) is 3.21. The first-order valence-electron chi connectivity index (χ1n) is 8.98. The van der Waals surface area contributed by atoms with Gasteiger partial charge in [0.15, 0.2) is 0 Å². The molecular formula is C19H23N5O. The van der Waals surface area contributed by atoms with Gasteiger partial charge in [-0.15, -0.1) is 0 Å². The highest BCUT2D eigenvalue weighted by Crippen LogP contribution is 2.29. The Morgan fingerprint density at radius 2 is 2.00 bits per heavy atom. The van der Waals surface area contributed by atoms with E-state index in [0.717, 1.165) is 43.1 Å². The van der Waals surface area contributed by atoms with Gasteiger partial charge in [-0.2, -0.15) is 0 Å². The van der Waals surface area contributed by atoms with Gasteiger partial charge < -0.3 is 15.1 Å². The van der Waals surface area contributed by atoms with Crippen molar-refractivity contribution in [1.29, 1.82) is 0 Å². The molecule has 6 nitrogen and oxygen atoms in total. The van der Waals surface area contributed by atoms with Gasteiger partial charge in [0.2, 0.25) is 0 Å². The number of hydrogen-bond donors (Lipinski definition) is 1. The number of pyridine rings is 2. The van der Waals surface area contributed by atoms with Crippen molar-refractivity contribution >= 4 is 17.5 Å². The van der Waals surface area contributed by atoms with Gasteiger partial charge in [0.25, 0.3) is 0 Å². The molecule has 2 fully saturated rings. The van der Waals surface area contributed by atoms with Crippen molar-refractivity contribution in [3.05, 3.63) is 48.4 Å². The number of rotatable bonds is 5. The molecule has 0 unspecified atom stereocenters. The number of aromatic nitrogens is 2. The lowest BCUT2D eigenvalue weighted by atomic mass is 10.3. The monoisotopic (exact) mass is 337 g/mol. The third kappa shape index (κ3) is 3.90. The topological polar surface area (TPSA) is 61.4 Å². The van der Waals surface area contributed by atoms with Crippen LogP contribution >= 0.6 is 0 Å². The summed E-state index contributed by atoms with van der Waals surface area (Å²) in [5.74, 6) is 0.989. The van der Waals surface area contributed by atoms with Crippen LogP contribution in [0.1, 0.15) is 31.4 Å². The van der Waals surface area contributed by atoms with E-state index in [4.69, 9.17) is 0 Å². The summed E-state index contributed by atoms with van der Waals surface area (Å²) in [4.78, 5) is 25.7. The van der Waals surface area contributed by atoms with Crippen molar-refractivity contribution in [2.45, 2.75) is 38.3 Å². The van der Waals surface area contributed by atoms with E-state index in [2.05, 4.69) is 20.2 Å². The number of nitrogens with zero attached hydrogens (tertiary/aromatic N) is 4. The Kier molecular flexibility index (Phi) is 4.50. The molecule has 130 valence electrons. The molecule has 0 spiro atoms. The molecule has 0 bridgehead atoms. The van der Waals surface area contributed by atoms with E-state index in [1.165, 1.54) is 12.8 Å². The Morgan fingerprint density at radius 1 is 1.16 bits per heavy atom. The average molecular weight is 337 g/mol. The van der Waals surface area contributed by atoms with Crippen LogP contribution in [0.4, 0.5) is 16.3 Å². The normalized spacial score (nSPS) is 16.7. The Bertz CT molecular complexity index is 708. The maximum atomic E-state index is 12.7. The number of urea groups is 1. The minimum atomic E-state index is -0.0797. The van der Waals surface area contributed by atoms with E-state index in [9.17, 15) is 4.79 Å². The molecule has 1 N–H and O–H groups in total. The first-order chi connectivity index (χ1) is 12.3. The summed E-state index contributed by atoms with van der Waals surface area (Å²) in [6.45, 7) is 2.67. The minimum absolute atomic E-state index is 0.0797. The summed E-state index contributed by atoms with van der Waals surface area (Å²) in [6, 6.07) is 9.95. The standard InChI is InChI=1S/C19H23N5O/c25-19(24(17-7-8-17)14-16-5-1-2-10-20-16)22-15-6-9-18(21-13-15)23-11-3-4-12-23/h1-2,5-6,9-10,13,17H,3-4,7-8,11-12,14H2,(H,22,25). The largest absolute Gasteiger partial charge is 0.357 e. The average Bonchev–Trinajstić information content (AvgIpc) is 3.34. The Labute approximate surface area is 147 Å². The predicted molar refractivity (Wildman–Crippen MR) is 97.5 cm³/mol. The summed E-state index contributed by atoms with van der Waals surface area (Å²) in [6.07, 6.45) is 8.09. The van der Waals surface area contributed by atoms with Gasteiger partial charge in [0.1, 0.15) is 5.82 Å². The van der Waals surface area contributed by atoms with Gasteiger partial charge in [-0.05, 0) is 49.9 Å². The van der Waals surface area contributed by atoms with Crippen LogP contribution in [0.25, 0.3) is 0 Å². The first kappa shape index (κ1) is 15.9.